The number of non-ortho nitro benzene ring substituents is 1. The average molecular weight is 409 g/mol. The van der Waals surface area contributed by atoms with Gasteiger partial charge in [0.2, 0.25) is 0 Å². The summed E-state index contributed by atoms with van der Waals surface area (Å²) in [7, 11) is 2.06. The second kappa shape index (κ2) is 8.12. The van der Waals surface area contributed by atoms with Crippen molar-refractivity contribution >= 4 is 46.2 Å². The number of carbonyl (C=O) groups excluding carboxylic acids is 1. The maximum atomic E-state index is 12.7. The number of nitro benzene ring substituents is 1. The monoisotopic (exact) mass is 408 g/mol. The van der Waals surface area contributed by atoms with Gasteiger partial charge < -0.3 is 15.1 Å². The number of halogens is 2. The number of rotatable bonds is 4. The van der Waals surface area contributed by atoms with Crippen molar-refractivity contribution in [3.63, 3.8) is 0 Å². The number of carbonyl (C=O) groups is 1. The molecule has 0 aliphatic carbocycles. The number of hydrogen-bond acceptors (Lipinski definition) is 5. The molecule has 1 heterocycles. The third kappa shape index (κ3) is 4.50. The van der Waals surface area contributed by atoms with Gasteiger partial charge in [-0.1, -0.05) is 23.2 Å². The third-order valence-corrected chi connectivity index (χ3v) is 5.02. The van der Waals surface area contributed by atoms with Crippen LogP contribution in [0.25, 0.3) is 0 Å². The predicted molar refractivity (Wildman–Crippen MR) is 107 cm³/mol. The third-order valence-electron chi connectivity index (χ3n) is 4.46. The molecule has 0 radical (unpaired) electrons. The quantitative estimate of drug-likeness (QED) is 0.612. The fourth-order valence-corrected chi connectivity index (χ4v) is 3.30. The zero-order valence-corrected chi connectivity index (χ0v) is 16.1. The van der Waals surface area contributed by atoms with Gasteiger partial charge in [-0.3, -0.25) is 14.9 Å². The molecule has 1 N–H and O–H groups in total. The number of hydrogen-bond donors (Lipinski definition) is 1. The average Bonchev–Trinajstić information content (AvgIpc) is 2.63. The highest BCUT2D eigenvalue weighted by Gasteiger charge is 2.21. The van der Waals surface area contributed by atoms with E-state index in [1.165, 1.54) is 12.1 Å². The van der Waals surface area contributed by atoms with Gasteiger partial charge in [0.15, 0.2) is 0 Å². The van der Waals surface area contributed by atoms with E-state index in [1.807, 2.05) is 6.07 Å². The van der Waals surface area contributed by atoms with E-state index in [4.69, 9.17) is 23.2 Å². The SMILES string of the molecule is CN1CCN(c2ccc(Cl)cc2NC(=O)c2cc([N+](=O)[O-])ccc2Cl)CC1. The molecule has 142 valence electrons. The molecule has 7 nitrogen and oxygen atoms in total. The van der Waals surface area contributed by atoms with E-state index < -0.39 is 10.8 Å². The molecule has 0 bridgehead atoms. The Morgan fingerprint density at radius 1 is 1.11 bits per heavy atom. The Morgan fingerprint density at radius 3 is 2.48 bits per heavy atom. The van der Waals surface area contributed by atoms with E-state index in [0.717, 1.165) is 37.9 Å². The van der Waals surface area contributed by atoms with Crippen LogP contribution in [0.3, 0.4) is 0 Å². The van der Waals surface area contributed by atoms with Crippen LogP contribution in [0.15, 0.2) is 36.4 Å². The number of anilines is 2. The number of piperazine rings is 1. The van der Waals surface area contributed by atoms with Crippen molar-refractivity contribution in [2.24, 2.45) is 0 Å². The van der Waals surface area contributed by atoms with E-state index >= 15 is 0 Å². The van der Waals surface area contributed by atoms with Crippen molar-refractivity contribution in [1.29, 1.82) is 0 Å². The second-order valence-electron chi connectivity index (χ2n) is 6.33. The van der Waals surface area contributed by atoms with Crippen molar-refractivity contribution in [3.8, 4) is 0 Å². The van der Waals surface area contributed by atoms with Gasteiger partial charge in [0.1, 0.15) is 0 Å². The summed E-state index contributed by atoms with van der Waals surface area (Å²) in [5.41, 5.74) is 1.23. The standard InChI is InChI=1S/C18H18Cl2N4O3/c1-22-6-8-23(9-7-22)17-5-2-12(19)10-16(17)21-18(25)14-11-13(24(26)27)3-4-15(14)20/h2-5,10-11H,6-9H2,1H3,(H,21,25). The van der Waals surface area contributed by atoms with Crippen LogP contribution in [0.4, 0.5) is 17.1 Å². The first kappa shape index (κ1) is 19.4. The first-order valence-corrected chi connectivity index (χ1v) is 9.09. The molecule has 1 aliphatic heterocycles. The van der Waals surface area contributed by atoms with E-state index in [-0.39, 0.29) is 16.3 Å². The molecule has 9 heteroatoms. The molecule has 0 saturated carbocycles. The van der Waals surface area contributed by atoms with Gasteiger partial charge in [-0.15, -0.1) is 0 Å². The second-order valence-corrected chi connectivity index (χ2v) is 7.17. The molecule has 0 spiro atoms. The highest BCUT2D eigenvalue weighted by molar-refractivity contribution is 6.34. The zero-order valence-electron chi connectivity index (χ0n) is 14.6. The molecule has 0 aromatic heterocycles. The molecular formula is C18H18Cl2N4O3. The largest absolute Gasteiger partial charge is 0.367 e. The summed E-state index contributed by atoms with van der Waals surface area (Å²) in [5, 5.41) is 14.4. The minimum atomic E-state index is -0.567. The van der Waals surface area contributed by atoms with Crippen LogP contribution < -0.4 is 10.2 Å². The maximum absolute atomic E-state index is 12.7. The Morgan fingerprint density at radius 2 is 1.81 bits per heavy atom. The summed E-state index contributed by atoms with van der Waals surface area (Å²) in [5.74, 6) is -0.527. The lowest BCUT2D eigenvalue weighted by molar-refractivity contribution is -0.384. The topological polar surface area (TPSA) is 78.7 Å². The van der Waals surface area contributed by atoms with E-state index in [2.05, 4.69) is 22.2 Å². The van der Waals surface area contributed by atoms with Crippen LogP contribution in [0.5, 0.6) is 0 Å². The Hall–Kier alpha value is -2.35. The molecule has 1 amide bonds. The number of amides is 1. The van der Waals surface area contributed by atoms with Crippen molar-refractivity contribution < 1.29 is 9.72 Å². The number of nitrogens with zero attached hydrogens (tertiary/aromatic N) is 3. The normalized spacial score (nSPS) is 14.9. The lowest BCUT2D eigenvalue weighted by atomic mass is 10.1. The number of benzene rings is 2. The van der Waals surface area contributed by atoms with E-state index in [0.29, 0.717) is 10.7 Å². The fraction of sp³-hybridized carbons (Fsp3) is 0.278. The van der Waals surface area contributed by atoms with E-state index in [1.54, 1.807) is 12.1 Å². The summed E-state index contributed by atoms with van der Waals surface area (Å²) >= 11 is 12.2. The van der Waals surface area contributed by atoms with Gasteiger partial charge in [-0.2, -0.15) is 0 Å². The number of nitrogens with one attached hydrogen (secondary N) is 1. The summed E-state index contributed by atoms with van der Waals surface area (Å²) in [6.07, 6.45) is 0. The van der Waals surface area contributed by atoms with Crippen LogP contribution in [0, 0.1) is 10.1 Å². The first-order valence-electron chi connectivity index (χ1n) is 8.33. The molecule has 1 fully saturated rings. The Kier molecular flexibility index (Phi) is 5.84. The summed E-state index contributed by atoms with van der Waals surface area (Å²) in [4.78, 5) is 27.5. The fourth-order valence-electron chi connectivity index (χ4n) is 2.92. The lowest BCUT2D eigenvalue weighted by Gasteiger charge is -2.35. The Bertz CT molecular complexity index is 883. The van der Waals surface area contributed by atoms with Gasteiger partial charge in [-0.25, -0.2) is 0 Å². The van der Waals surface area contributed by atoms with Gasteiger partial charge in [0.05, 0.1) is 26.9 Å². The van der Waals surface area contributed by atoms with Crippen LogP contribution in [-0.2, 0) is 0 Å². The predicted octanol–water partition coefficient (Wildman–Crippen LogP) is 3.91. The molecule has 27 heavy (non-hydrogen) atoms. The smallest absolute Gasteiger partial charge is 0.270 e. The van der Waals surface area contributed by atoms with Gasteiger partial charge in [-0.05, 0) is 31.3 Å². The summed E-state index contributed by atoms with van der Waals surface area (Å²) < 4.78 is 0. The molecule has 2 aromatic rings. The minimum Gasteiger partial charge on any atom is -0.367 e. The molecule has 0 atom stereocenters. The van der Waals surface area contributed by atoms with Crippen molar-refractivity contribution in [1.82, 2.24) is 4.90 Å². The Labute approximate surface area is 166 Å². The van der Waals surface area contributed by atoms with Gasteiger partial charge >= 0.3 is 0 Å². The molecule has 2 aromatic carbocycles. The van der Waals surface area contributed by atoms with Crippen molar-refractivity contribution in [2.75, 3.05) is 43.4 Å². The summed E-state index contributed by atoms with van der Waals surface area (Å²) in [6.45, 7) is 3.45. The lowest BCUT2D eigenvalue weighted by Crippen LogP contribution is -2.44. The first-order chi connectivity index (χ1) is 12.8. The van der Waals surface area contributed by atoms with E-state index in [9.17, 15) is 14.9 Å². The van der Waals surface area contributed by atoms with Gasteiger partial charge in [0, 0.05) is 43.3 Å². The molecule has 3 rings (SSSR count). The highest BCUT2D eigenvalue weighted by atomic mass is 35.5. The van der Waals surface area contributed by atoms with Gasteiger partial charge in [0.25, 0.3) is 11.6 Å². The molecular weight excluding hydrogens is 391 g/mol. The molecule has 1 aliphatic rings. The van der Waals surface area contributed by atoms with Crippen molar-refractivity contribution in [3.05, 3.63) is 62.1 Å². The zero-order chi connectivity index (χ0) is 19.6. The highest BCUT2D eigenvalue weighted by Crippen LogP contribution is 2.31. The van der Waals surface area contributed by atoms with Crippen LogP contribution in [-0.4, -0.2) is 49.0 Å². The number of nitro groups is 1. The maximum Gasteiger partial charge on any atom is 0.270 e. The minimum absolute atomic E-state index is 0.0372. The van der Waals surface area contributed by atoms with Crippen molar-refractivity contribution in [2.45, 2.75) is 0 Å². The van der Waals surface area contributed by atoms with Crippen LogP contribution in [0.1, 0.15) is 10.4 Å². The molecule has 1 saturated heterocycles. The van der Waals surface area contributed by atoms with Crippen LogP contribution in [0.2, 0.25) is 10.0 Å². The summed E-state index contributed by atoms with van der Waals surface area (Å²) in [6, 6.07) is 9.06. The van der Waals surface area contributed by atoms with Crippen LogP contribution >= 0.6 is 23.2 Å². The Balaban J connectivity index is 1.89. The molecule has 0 unspecified atom stereocenters. The number of likely N-dealkylation sites (N-methyl/N-ethyl adjacent to an activating group) is 1.